The van der Waals surface area contributed by atoms with Crippen molar-refractivity contribution in [3.63, 3.8) is 0 Å². The second-order valence-electron chi connectivity index (χ2n) is 6.72. The molecule has 0 saturated carbocycles. The lowest BCUT2D eigenvalue weighted by Crippen LogP contribution is -2.28. The Hall–Kier alpha value is -3.72. The van der Waals surface area contributed by atoms with Gasteiger partial charge >= 0.3 is 0 Å². The van der Waals surface area contributed by atoms with Gasteiger partial charge in [-0.05, 0) is 54.1 Å². The van der Waals surface area contributed by atoms with Crippen molar-refractivity contribution in [3.05, 3.63) is 78.4 Å². The molecule has 2 N–H and O–H groups in total. The Bertz CT molecular complexity index is 1150. The van der Waals surface area contributed by atoms with E-state index in [1.165, 1.54) is 31.4 Å². The Labute approximate surface area is 187 Å². The molecule has 32 heavy (non-hydrogen) atoms. The minimum absolute atomic E-state index is 0.0663. The van der Waals surface area contributed by atoms with Crippen molar-refractivity contribution in [1.82, 2.24) is 5.32 Å². The summed E-state index contributed by atoms with van der Waals surface area (Å²) in [6.07, 6.45) is 0. The van der Waals surface area contributed by atoms with E-state index < -0.39 is 10.0 Å². The monoisotopic (exact) mass is 456 g/mol. The van der Waals surface area contributed by atoms with E-state index in [4.69, 9.17) is 14.2 Å². The molecule has 9 heteroatoms. The van der Waals surface area contributed by atoms with Gasteiger partial charge in [0, 0.05) is 12.6 Å². The molecule has 0 spiro atoms. The summed E-state index contributed by atoms with van der Waals surface area (Å²) in [6.45, 7) is 0.170. The minimum Gasteiger partial charge on any atom is -0.497 e. The van der Waals surface area contributed by atoms with Crippen molar-refractivity contribution in [1.29, 1.82) is 0 Å². The van der Waals surface area contributed by atoms with E-state index >= 15 is 0 Å². The van der Waals surface area contributed by atoms with Crippen molar-refractivity contribution in [3.8, 4) is 17.2 Å². The molecule has 3 rings (SSSR count). The zero-order valence-electron chi connectivity index (χ0n) is 17.7. The maximum atomic E-state index is 12.6. The van der Waals surface area contributed by atoms with E-state index in [0.717, 1.165) is 11.3 Å². The van der Waals surface area contributed by atoms with Crippen LogP contribution in [0.25, 0.3) is 0 Å². The van der Waals surface area contributed by atoms with Crippen LogP contribution in [0.5, 0.6) is 17.2 Å². The lowest BCUT2D eigenvalue weighted by atomic mass is 10.2. The summed E-state index contributed by atoms with van der Waals surface area (Å²) >= 11 is 0. The van der Waals surface area contributed by atoms with Crippen LogP contribution >= 0.6 is 0 Å². The second-order valence-corrected chi connectivity index (χ2v) is 8.40. The summed E-state index contributed by atoms with van der Waals surface area (Å²) in [5.41, 5.74) is 1.32. The standard InChI is InChI=1S/C23H24N2O6S/c1-29-19-8-6-17(7-9-19)15-24-23(26)16-31-20-10-12-22(13-11-20)32(27,28)25-18-4-3-5-21(14-18)30-2/h3-14,25H,15-16H2,1-2H3,(H,24,26). The van der Waals surface area contributed by atoms with Gasteiger partial charge in [-0.3, -0.25) is 9.52 Å². The van der Waals surface area contributed by atoms with Crippen molar-refractivity contribution >= 4 is 21.6 Å². The minimum atomic E-state index is -3.78. The highest BCUT2D eigenvalue weighted by Crippen LogP contribution is 2.22. The normalized spacial score (nSPS) is 10.8. The summed E-state index contributed by atoms with van der Waals surface area (Å²) in [6, 6.07) is 19.8. The van der Waals surface area contributed by atoms with Gasteiger partial charge < -0.3 is 19.5 Å². The van der Waals surface area contributed by atoms with Crippen LogP contribution in [-0.2, 0) is 21.4 Å². The van der Waals surface area contributed by atoms with Crippen LogP contribution in [0.1, 0.15) is 5.56 Å². The van der Waals surface area contributed by atoms with Gasteiger partial charge in [-0.25, -0.2) is 8.42 Å². The Morgan fingerprint density at radius 2 is 1.50 bits per heavy atom. The van der Waals surface area contributed by atoms with E-state index in [-0.39, 0.29) is 17.4 Å². The molecule has 0 heterocycles. The smallest absolute Gasteiger partial charge is 0.261 e. The first-order chi connectivity index (χ1) is 15.4. The number of anilines is 1. The average molecular weight is 457 g/mol. The molecule has 3 aromatic rings. The third kappa shape index (κ3) is 6.39. The maximum absolute atomic E-state index is 12.6. The van der Waals surface area contributed by atoms with Crippen molar-refractivity contribution in [2.75, 3.05) is 25.5 Å². The third-order valence-corrected chi connectivity index (χ3v) is 5.87. The topological polar surface area (TPSA) is 103 Å². The van der Waals surface area contributed by atoms with E-state index in [1.54, 1.807) is 31.4 Å². The summed E-state index contributed by atoms with van der Waals surface area (Å²) in [5, 5.41) is 2.76. The highest BCUT2D eigenvalue weighted by molar-refractivity contribution is 7.92. The predicted octanol–water partition coefficient (Wildman–Crippen LogP) is 3.20. The Balaban J connectivity index is 1.51. The molecule has 8 nitrogen and oxygen atoms in total. The van der Waals surface area contributed by atoms with Gasteiger partial charge in [-0.15, -0.1) is 0 Å². The molecule has 3 aromatic carbocycles. The third-order valence-electron chi connectivity index (χ3n) is 4.47. The number of nitrogens with one attached hydrogen (secondary N) is 2. The van der Waals surface area contributed by atoms with E-state index in [2.05, 4.69) is 10.0 Å². The van der Waals surface area contributed by atoms with Gasteiger partial charge in [0.2, 0.25) is 0 Å². The zero-order valence-corrected chi connectivity index (χ0v) is 18.5. The first-order valence-electron chi connectivity index (χ1n) is 9.69. The molecule has 0 aliphatic carbocycles. The fraction of sp³-hybridized carbons (Fsp3) is 0.174. The highest BCUT2D eigenvalue weighted by atomic mass is 32.2. The van der Waals surface area contributed by atoms with Crippen LogP contribution in [0.2, 0.25) is 0 Å². The maximum Gasteiger partial charge on any atom is 0.261 e. The number of rotatable bonds is 10. The average Bonchev–Trinajstić information content (AvgIpc) is 2.82. The zero-order chi connectivity index (χ0) is 23.0. The van der Waals surface area contributed by atoms with Crippen molar-refractivity contribution < 1.29 is 27.4 Å². The molecule has 0 radical (unpaired) electrons. The van der Waals surface area contributed by atoms with Crippen LogP contribution in [0.15, 0.2) is 77.7 Å². The molecule has 0 atom stereocenters. The SMILES string of the molecule is COc1ccc(CNC(=O)COc2ccc(S(=O)(=O)Nc3cccc(OC)c3)cc2)cc1. The highest BCUT2D eigenvalue weighted by Gasteiger charge is 2.15. The Morgan fingerprint density at radius 1 is 0.844 bits per heavy atom. The predicted molar refractivity (Wildman–Crippen MR) is 121 cm³/mol. The number of carbonyl (C=O) groups excluding carboxylic acids is 1. The van der Waals surface area contributed by atoms with Gasteiger partial charge in [0.05, 0.1) is 24.8 Å². The molecular weight excluding hydrogens is 432 g/mol. The van der Waals surface area contributed by atoms with Gasteiger partial charge in [-0.2, -0.15) is 0 Å². The number of ether oxygens (including phenoxy) is 3. The molecule has 0 saturated heterocycles. The molecule has 1 amide bonds. The van der Waals surface area contributed by atoms with E-state index in [9.17, 15) is 13.2 Å². The van der Waals surface area contributed by atoms with E-state index in [0.29, 0.717) is 23.7 Å². The van der Waals surface area contributed by atoms with Crippen LogP contribution in [0.4, 0.5) is 5.69 Å². The molecular formula is C23H24N2O6S. The van der Waals surface area contributed by atoms with Crippen molar-refractivity contribution in [2.45, 2.75) is 11.4 Å². The Kier molecular flexibility index (Phi) is 7.56. The Morgan fingerprint density at radius 3 is 2.16 bits per heavy atom. The summed E-state index contributed by atoms with van der Waals surface area (Å²) in [7, 11) is -0.684. The largest absolute Gasteiger partial charge is 0.497 e. The van der Waals surface area contributed by atoms with Gasteiger partial charge in [-0.1, -0.05) is 18.2 Å². The molecule has 0 unspecified atom stereocenters. The fourth-order valence-corrected chi connectivity index (χ4v) is 3.81. The first kappa shape index (κ1) is 23.0. The molecule has 0 bridgehead atoms. The summed E-state index contributed by atoms with van der Waals surface area (Å²) in [5.74, 6) is 1.37. The molecule has 168 valence electrons. The van der Waals surface area contributed by atoms with Crippen LogP contribution < -0.4 is 24.2 Å². The fourth-order valence-electron chi connectivity index (χ4n) is 2.76. The van der Waals surface area contributed by atoms with Crippen LogP contribution in [-0.4, -0.2) is 35.2 Å². The summed E-state index contributed by atoms with van der Waals surface area (Å²) < 4.78 is 43.3. The van der Waals surface area contributed by atoms with Crippen molar-refractivity contribution in [2.24, 2.45) is 0 Å². The first-order valence-corrected chi connectivity index (χ1v) is 11.2. The summed E-state index contributed by atoms with van der Waals surface area (Å²) in [4.78, 5) is 12.1. The lowest BCUT2D eigenvalue weighted by molar-refractivity contribution is -0.123. The quantitative estimate of drug-likeness (QED) is 0.486. The number of sulfonamides is 1. The van der Waals surface area contributed by atoms with Crippen LogP contribution in [0.3, 0.4) is 0 Å². The molecule has 0 aliphatic rings. The number of methoxy groups -OCH3 is 2. The number of carbonyl (C=O) groups is 1. The van der Waals surface area contributed by atoms with Crippen LogP contribution in [0, 0.1) is 0 Å². The van der Waals surface area contributed by atoms with Gasteiger partial charge in [0.1, 0.15) is 17.2 Å². The lowest BCUT2D eigenvalue weighted by Gasteiger charge is -2.11. The van der Waals surface area contributed by atoms with Gasteiger partial charge in [0.15, 0.2) is 6.61 Å². The second kappa shape index (κ2) is 10.5. The molecule has 0 fully saturated rings. The number of amides is 1. The number of hydrogen-bond acceptors (Lipinski definition) is 6. The number of benzene rings is 3. The van der Waals surface area contributed by atoms with E-state index in [1.807, 2.05) is 24.3 Å². The molecule has 0 aromatic heterocycles. The molecule has 0 aliphatic heterocycles. The van der Waals surface area contributed by atoms with Gasteiger partial charge in [0.25, 0.3) is 15.9 Å². The number of hydrogen-bond donors (Lipinski definition) is 2.